The van der Waals surface area contributed by atoms with E-state index in [9.17, 15) is 14.7 Å². The van der Waals surface area contributed by atoms with Crippen LogP contribution in [0.15, 0.2) is 46.3 Å². The second-order valence-electron chi connectivity index (χ2n) is 4.91. The Hall–Kier alpha value is -1.50. The fourth-order valence-electron chi connectivity index (χ4n) is 1.98. The molecule has 0 fully saturated rings. The Morgan fingerprint density at radius 1 is 1.23 bits per heavy atom. The number of carbonyl (C=O) groups is 2. The van der Waals surface area contributed by atoms with Crippen molar-refractivity contribution in [2.24, 2.45) is 0 Å². The number of nitrogens with one attached hydrogen (secondary N) is 1. The molecule has 4 nitrogen and oxygen atoms in total. The average Bonchev–Trinajstić information content (AvgIpc) is 2.98. The minimum atomic E-state index is -0.755. The van der Waals surface area contributed by atoms with Crippen molar-refractivity contribution in [2.45, 2.75) is 18.9 Å². The number of Topliss-reactive ketones (excluding diaryl/α,β-unsaturated/α-hetero) is 1. The van der Waals surface area contributed by atoms with E-state index >= 15 is 0 Å². The quantitative estimate of drug-likeness (QED) is 0.596. The van der Waals surface area contributed by atoms with Crippen molar-refractivity contribution in [3.05, 3.63) is 56.7 Å². The molecule has 0 aliphatic heterocycles. The van der Waals surface area contributed by atoms with E-state index in [-0.39, 0.29) is 12.5 Å². The number of carbonyl (C=O) groups excluding carboxylic acids is 2. The summed E-state index contributed by atoms with van der Waals surface area (Å²) in [6.07, 6.45) is -0.755. The van der Waals surface area contributed by atoms with E-state index in [0.29, 0.717) is 4.88 Å². The predicted octanol–water partition coefficient (Wildman–Crippen LogP) is 2.97. The van der Waals surface area contributed by atoms with Crippen LogP contribution >= 0.6 is 27.3 Å². The SMILES string of the molecule is CC(c1ccccc1)C(O)CNC(=O)C(=O)c1ccc(Br)s1. The molecule has 1 heterocycles. The molecular formula is C16H16BrNO3S. The van der Waals surface area contributed by atoms with Gasteiger partial charge in [0.2, 0.25) is 0 Å². The number of thiophene rings is 1. The van der Waals surface area contributed by atoms with Crippen molar-refractivity contribution in [1.29, 1.82) is 0 Å². The lowest BCUT2D eigenvalue weighted by Gasteiger charge is -2.19. The molecule has 2 aromatic rings. The maximum absolute atomic E-state index is 11.9. The minimum absolute atomic E-state index is 0.0349. The van der Waals surface area contributed by atoms with Crippen molar-refractivity contribution in [3.63, 3.8) is 0 Å². The molecule has 1 amide bonds. The van der Waals surface area contributed by atoms with E-state index in [1.807, 2.05) is 37.3 Å². The lowest BCUT2D eigenvalue weighted by atomic mass is 9.95. The van der Waals surface area contributed by atoms with Gasteiger partial charge in [-0.05, 0) is 33.6 Å². The summed E-state index contributed by atoms with van der Waals surface area (Å²) >= 11 is 4.46. The molecule has 22 heavy (non-hydrogen) atoms. The molecule has 0 spiro atoms. The number of hydrogen-bond donors (Lipinski definition) is 2. The zero-order valence-electron chi connectivity index (χ0n) is 12.0. The third kappa shape index (κ3) is 4.25. The molecular weight excluding hydrogens is 366 g/mol. The van der Waals surface area contributed by atoms with Crippen LogP contribution in [0.2, 0.25) is 0 Å². The van der Waals surface area contributed by atoms with Crippen LogP contribution in [0.5, 0.6) is 0 Å². The average molecular weight is 382 g/mol. The second-order valence-corrected chi connectivity index (χ2v) is 7.37. The number of aliphatic hydroxyl groups is 1. The number of amides is 1. The summed E-state index contributed by atoms with van der Waals surface area (Å²) < 4.78 is 0.793. The number of aliphatic hydroxyl groups excluding tert-OH is 1. The number of benzene rings is 1. The largest absolute Gasteiger partial charge is 0.391 e. The normalized spacial score (nSPS) is 13.4. The zero-order chi connectivity index (χ0) is 16.1. The summed E-state index contributed by atoms with van der Waals surface area (Å²) in [6.45, 7) is 1.91. The summed E-state index contributed by atoms with van der Waals surface area (Å²) in [7, 11) is 0. The molecule has 0 radical (unpaired) electrons. The first-order valence-corrected chi connectivity index (χ1v) is 8.41. The van der Waals surface area contributed by atoms with Crippen molar-refractivity contribution in [3.8, 4) is 0 Å². The van der Waals surface area contributed by atoms with Crippen LogP contribution in [-0.4, -0.2) is 29.4 Å². The minimum Gasteiger partial charge on any atom is -0.391 e. The highest BCUT2D eigenvalue weighted by molar-refractivity contribution is 9.11. The summed E-state index contributed by atoms with van der Waals surface area (Å²) in [5.41, 5.74) is 0.984. The van der Waals surface area contributed by atoms with E-state index in [0.717, 1.165) is 9.35 Å². The molecule has 1 aromatic heterocycles. The fraction of sp³-hybridized carbons (Fsp3) is 0.250. The molecule has 0 aliphatic carbocycles. The maximum atomic E-state index is 11.9. The third-order valence-electron chi connectivity index (χ3n) is 3.38. The van der Waals surface area contributed by atoms with Gasteiger partial charge in [0.1, 0.15) is 0 Å². The summed E-state index contributed by atoms with van der Waals surface area (Å²) in [6, 6.07) is 12.9. The summed E-state index contributed by atoms with van der Waals surface area (Å²) in [4.78, 5) is 24.1. The predicted molar refractivity (Wildman–Crippen MR) is 90.2 cm³/mol. The third-order valence-corrected chi connectivity index (χ3v) is 5.00. The number of rotatable bonds is 6. The Bertz CT molecular complexity index is 656. The van der Waals surface area contributed by atoms with E-state index in [1.54, 1.807) is 12.1 Å². The highest BCUT2D eigenvalue weighted by Crippen LogP contribution is 2.22. The van der Waals surface area contributed by atoms with Crippen molar-refractivity contribution in [2.75, 3.05) is 6.54 Å². The monoisotopic (exact) mass is 381 g/mol. The molecule has 2 atom stereocenters. The first-order valence-electron chi connectivity index (χ1n) is 6.80. The standard InChI is InChI=1S/C16H16BrNO3S/c1-10(11-5-3-2-4-6-11)12(19)9-18-16(21)15(20)13-7-8-14(17)22-13/h2-8,10,12,19H,9H2,1H3,(H,18,21). The van der Waals surface area contributed by atoms with Crippen LogP contribution in [0.4, 0.5) is 0 Å². The molecule has 2 rings (SSSR count). The van der Waals surface area contributed by atoms with Crippen LogP contribution in [0, 0.1) is 0 Å². The number of hydrogen-bond acceptors (Lipinski definition) is 4. The van der Waals surface area contributed by atoms with Gasteiger partial charge in [0.25, 0.3) is 11.7 Å². The second kappa shape index (κ2) is 7.67. The Kier molecular flexibility index (Phi) is 5.88. The summed E-state index contributed by atoms with van der Waals surface area (Å²) in [5.74, 6) is -1.42. The van der Waals surface area contributed by atoms with Crippen LogP contribution in [0.25, 0.3) is 0 Å². The number of halogens is 1. The number of ketones is 1. The highest BCUT2D eigenvalue weighted by atomic mass is 79.9. The van der Waals surface area contributed by atoms with Crippen molar-refractivity contribution in [1.82, 2.24) is 5.32 Å². The Balaban J connectivity index is 1.89. The molecule has 0 saturated heterocycles. The van der Waals surface area contributed by atoms with Gasteiger partial charge in [0.05, 0.1) is 14.8 Å². The molecule has 1 aromatic carbocycles. The van der Waals surface area contributed by atoms with E-state index in [1.165, 1.54) is 11.3 Å². The van der Waals surface area contributed by atoms with Gasteiger partial charge in [0, 0.05) is 12.5 Å². The summed E-state index contributed by atoms with van der Waals surface area (Å²) in [5, 5.41) is 12.6. The molecule has 2 N–H and O–H groups in total. The van der Waals surface area contributed by atoms with Gasteiger partial charge in [-0.3, -0.25) is 9.59 Å². The Morgan fingerprint density at radius 2 is 1.91 bits per heavy atom. The van der Waals surface area contributed by atoms with Gasteiger partial charge in [-0.15, -0.1) is 11.3 Å². The lowest BCUT2D eigenvalue weighted by molar-refractivity contribution is -0.117. The molecule has 116 valence electrons. The Morgan fingerprint density at radius 3 is 2.50 bits per heavy atom. The Labute approximate surface area is 141 Å². The van der Waals surface area contributed by atoms with Gasteiger partial charge < -0.3 is 10.4 Å². The van der Waals surface area contributed by atoms with Gasteiger partial charge in [-0.2, -0.15) is 0 Å². The molecule has 0 saturated carbocycles. The van der Waals surface area contributed by atoms with Gasteiger partial charge in [0.15, 0.2) is 0 Å². The van der Waals surface area contributed by atoms with E-state index in [4.69, 9.17) is 0 Å². The van der Waals surface area contributed by atoms with Gasteiger partial charge >= 0.3 is 0 Å². The first-order chi connectivity index (χ1) is 10.5. The molecule has 6 heteroatoms. The molecule has 0 bridgehead atoms. The topological polar surface area (TPSA) is 66.4 Å². The molecule has 2 unspecified atom stereocenters. The maximum Gasteiger partial charge on any atom is 0.293 e. The van der Waals surface area contributed by atoms with Crippen LogP contribution in [0.3, 0.4) is 0 Å². The lowest BCUT2D eigenvalue weighted by Crippen LogP contribution is -2.38. The van der Waals surface area contributed by atoms with Crippen molar-refractivity contribution < 1.29 is 14.7 Å². The van der Waals surface area contributed by atoms with E-state index in [2.05, 4.69) is 21.2 Å². The first kappa shape index (κ1) is 16.9. The zero-order valence-corrected chi connectivity index (χ0v) is 14.4. The smallest absolute Gasteiger partial charge is 0.293 e. The van der Waals surface area contributed by atoms with Crippen LogP contribution in [-0.2, 0) is 4.79 Å². The van der Waals surface area contributed by atoms with Crippen molar-refractivity contribution >= 4 is 39.0 Å². The highest BCUT2D eigenvalue weighted by Gasteiger charge is 2.21. The van der Waals surface area contributed by atoms with Crippen LogP contribution < -0.4 is 5.32 Å². The van der Waals surface area contributed by atoms with Crippen LogP contribution in [0.1, 0.15) is 28.1 Å². The van der Waals surface area contributed by atoms with Gasteiger partial charge in [-0.25, -0.2) is 0 Å². The van der Waals surface area contributed by atoms with E-state index < -0.39 is 17.8 Å². The van der Waals surface area contributed by atoms with Gasteiger partial charge in [-0.1, -0.05) is 37.3 Å². The fourth-order valence-corrected chi connectivity index (χ4v) is 3.30. The molecule has 0 aliphatic rings.